The first kappa shape index (κ1) is 18.4. The topological polar surface area (TPSA) is 95.4 Å². The van der Waals surface area contributed by atoms with Crippen LogP contribution in [-0.2, 0) is 11.3 Å². The van der Waals surface area contributed by atoms with Gasteiger partial charge in [0.2, 0.25) is 0 Å². The molecule has 6 nitrogen and oxygen atoms in total. The summed E-state index contributed by atoms with van der Waals surface area (Å²) in [5.41, 5.74) is 0.0820. The molecule has 24 heavy (non-hydrogen) atoms. The number of carbonyl (C=O) groups excluding carboxylic acids is 1. The monoisotopic (exact) mass is 345 g/mol. The van der Waals surface area contributed by atoms with Gasteiger partial charge in [-0.05, 0) is 19.8 Å². The van der Waals surface area contributed by atoms with Crippen LogP contribution in [0.3, 0.4) is 0 Å². The summed E-state index contributed by atoms with van der Waals surface area (Å²) in [5.74, 6) is 0.291. The number of Topliss-reactive ketones (excluding diaryl/α,β-unsaturated/α-hetero) is 1. The minimum atomic E-state index is -0.967. The molecule has 1 aliphatic rings. The SMILES string of the molecule is C=CCn1c(SCC(=O)C(C#N)C(C)=N)nnc1C1CCCCC1. The Hall–Kier alpha value is -1.94. The molecular formula is C17H23N5OS. The number of nitriles is 1. The molecular weight excluding hydrogens is 322 g/mol. The van der Waals surface area contributed by atoms with E-state index in [0.29, 0.717) is 17.6 Å². The van der Waals surface area contributed by atoms with Crippen LogP contribution in [0.5, 0.6) is 0 Å². The maximum atomic E-state index is 12.1. The third kappa shape index (κ3) is 4.32. The molecule has 0 saturated heterocycles. The predicted molar refractivity (Wildman–Crippen MR) is 94.3 cm³/mol. The number of aromatic nitrogens is 3. The molecule has 1 aromatic rings. The molecule has 2 rings (SSSR count). The van der Waals surface area contributed by atoms with Gasteiger partial charge in [0.25, 0.3) is 0 Å². The number of hydrogen-bond acceptors (Lipinski definition) is 6. The lowest BCUT2D eigenvalue weighted by Crippen LogP contribution is -2.21. The molecule has 1 aliphatic carbocycles. The van der Waals surface area contributed by atoms with Gasteiger partial charge in [0.05, 0.1) is 11.8 Å². The highest BCUT2D eigenvalue weighted by atomic mass is 32.2. The fourth-order valence-electron chi connectivity index (χ4n) is 3.00. The lowest BCUT2D eigenvalue weighted by Gasteiger charge is -2.21. The van der Waals surface area contributed by atoms with Crippen LogP contribution < -0.4 is 0 Å². The number of rotatable bonds is 8. The van der Waals surface area contributed by atoms with Crippen molar-refractivity contribution in [2.45, 2.75) is 56.6 Å². The maximum Gasteiger partial charge on any atom is 0.191 e. The van der Waals surface area contributed by atoms with Crippen molar-refractivity contribution in [2.24, 2.45) is 5.92 Å². The molecule has 1 fully saturated rings. The minimum Gasteiger partial charge on any atom is -0.308 e. The van der Waals surface area contributed by atoms with Crippen LogP contribution in [0.15, 0.2) is 17.8 Å². The smallest absolute Gasteiger partial charge is 0.191 e. The van der Waals surface area contributed by atoms with Crippen molar-refractivity contribution in [1.29, 1.82) is 10.7 Å². The number of nitrogens with one attached hydrogen (secondary N) is 1. The Labute approximate surface area is 146 Å². The second-order valence-electron chi connectivity index (χ2n) is 6.08. The van der Waals surface area contributed by atoms with Crippen molar-refractivity contribution in [2.75, 3.05) is 5.75 Å². The van der Waals surface area contributed by atoms with E-state index in [-0.39, 0.29) is 17.2 Å². The summed E-state index contributed by atoms with van der Waals surface area (Å²) in [6.07, 6.45) is 7.77. The molecule has 1 aromatic heterocycles. The van der Waals surface area contributed by atoms with Crippen molar-refractivity contribution < 1.29 is 4.79 Å². The Balaban J connectivity index is 2.11. The van der Waals surface area contributed by atoms with Gasteiger partial charge >= 0.3 is 0 Å². The summed E-state index contributed by atoms with van der Waals surface area (Å²) in [6.45, 7) is 5.89. The number of allylic oxidation sites excluding steroid dienone is 1. The van der Waals surface area contributed by atoms with Crippen molar-refractivity contribution in [3.63, 3.8) is 0 Å². The molecule has 0 bridgehead atoms. The van der Waals surface area contributed by atoms with E-state index >= 15 is 0 Å². The van der Waals surface area contributed by atoms with Crippen molar-refractivity contribution in [3.05, 3.63) is 18.5 Å². The number of nitrogens with zero attached hydrogens (tertiary/aromatic N) is 4. The molecule has 0 aliphatic heterocycles. The molecule has 0 radical (unpaired) electrons. The zero-order chi connectivity index (χ0) is 17.5. The third-order valence-electron chi connectivity index (χ3n) is 4.26. The minimum absolute atomic E-state index is 0.0820. The van der Waals surface area contributed by atoms with Crippen LogP contribution in [0.1, 0.15) is 50.8 Å². The van der Waals surface area contributed by atoms with Crippen LogP contribution in [0.2, 0.25) is 0 Å². The molecule has 1 N–H and O–H groups in total. The van der Waals surface area contributed by atoms with Crippen molar-refractivity contribution in [3.8, 4) is 6.07 Å². The largest absolute Gasteiger partial charge is 0.308 e. The molecule has 0 aromatic carbocycles. The van der Waals surface area contributed by atoms with Gasteiger partial charge in [0, 0.05) is 18.2 Å². The van der Waals surface area contributed by atoms with Gasteiger partial charge in [-0.15, -0.1) is 16.8 Å². The summed E-state index contributed by atoms with van der Waals surface area (Å²) in [7, 11) is 0. The van der Waals surface area contributed by atoms with Gasteiger partial charge in [0.1, 0.15) is 11.7 Å². The Morgan fingerprint density at radius 3 is 2.79 bits per heavy atom. The standard InChI is InChI=1S/C17H23N5OS/c1-3-9-22-16(13-7-5-4-6-8-13)20-21-17(22)24-11-15(23)14(10-18)12(2)19/h3,13-14,19H,1,4-9,11H2,2H3. The molecule has 1 unspecified atom stereocenters. The third-order valence-corrected chi connectivity index (χ3v) is 5.24. The fraction of sp³-hybridized carbons (Fsp3) is 0.588. The summed E-state index contributed by atoms with van der Waals surface area (Å²) < 4.78 is 2.03. The first-order valence-corrected chi connectivity index (χ1v) is 9.21. The Kier molecular flexibility index (Phi) is 6.73. The average Bonchev–Trinajstić information content (AvgIpc) is 2.97. The van der Waals surface area contributed by atoms with E-state index in [2.05, 4.69) is 16.8 Å². The van der Waals surface area contributed by atoms with Gasteiger partial charge in [0.15, 0.2) is 10.9 Å². The maximum absolute atomic E-state index is 12.1. The second kappa shape index (κ2) is 8.78. The zero-order valence-electron chi connectivity index (χ0n) is 14.0. The highest BCUT2D eigenvalue weighted by Crippen LogP contribution is 2.33. The molecule has 1 atom stereocenters. The quantitative estimate of drug-likeness (QED) is 0.443. The lowest BCUT2D eigenvalue weighted by atomic mass is 9.89. The van der Waals surface area contributed by atoms with E-state index in [4.69, 9.17) is 10.7 Å². The Morgan fingerprint density at radius 1 is 1.50 bits per heavy atom. The summed E-state index contributed by atoms with van der Waals surface area (Å²) in [5, 5.41) is 25.8. The van der Waals surface area contributed by atoms with Gasteiger partial charge in [-0.1, -0.05) is 37.1 Å². The molecule has 0 amide bonds. The van der Waals surface area contributed by atoms with Crippen LogP contribution >= 0.6 is 11.8 Å². The van der Waals surface area contributed by atoms with Crippen LogP contribution in [0.25, 0.3) is 0 Å². The van der Waals surface area contributed by atoms with Gasteiger partial charge in [-0.25, -0.2) is 0 Å². The van der Waals surface area contributed by atoms with E-state index < -0.39 is 5.92 Å². The fourth-order valence-corrected chi connectivity index (χ4v) is 3.86. The second-order valence-corrected chi connectivity index (χ2v) is 7.02. The highest BCUT2D eigenvalue weighted by Gasteiger charge is 2.25. The van der Waals surface area contributed by atoms with E-state index in [9.17, 15) is 4.79 Å². The average molecular weight is 345 g/mol. The number of hydrogen-bond donors (Lipinski definition) is 1. The van der Waals surface area contributed by atoms with Crippen molar-refractivity contribution >= 4 is 23.3 Å². The summed E-state index contributed by atoms with van der Waals surface area (Å²) in [6, 6.07) is 1.89. The Morgan fingerprint density at radius 2 is 2.21 bits per heavy atom. The zero-order valence-corrected chi connectivity index (χ0v) is 14.8. The van der Waals surface area contributed by atoms with Crippen LogP contribution in [0.4, 0.5) is 0 Å². The van der Waals surface area contributed by atoms with E-state index in [0.717, 1.165) is 18.7 Å². The molecule has 1 heterocycles. The van der Waals surface area contributed by atoms with Gasteiger partial charge in [-0.2, -0.15) is 5.26 Å². The first-order chi connectivity index (χ1) is 11.6. The molecule has 0 spiro atoms. The van der Waals surface area contributed by atoms with Crippen LogP contribution in [-0.4, -0.2) is 32.0 Å². The van der Waals surface area contributed by atoms with Crippen LogP contribution in [0, 0.1) is 22.7 Å². The van der Waals surface area contributed by atoms with Crippen molar-refractivity contribution in [1.82, 2.24) is 14.8 Å². The first-order valence-electron chi connectivity index (χ1n) is 8.22. The summed E-state index contributed by atoms with van der Waals surface area (Å²) >= 11 is 1.29. The normalized spacial score (nSPS) is 16.3. The summed E-state index contributed by atoms with van der Waals surface area (Å²) in [4.78, 5) is 12.1. The van der Waals surface area contributed by atoms with Gasteiger partial charge < -0.3 is 9.98 Å². The highest BCUT2D eigenvalue weighted by molar-refractivity contribution is 7.99. The molecule has 1 saturated carbocycles. The molecule has 7 heteroatoms. The van der Waals surface area contributed by atoms with E-state index in [1.165, 1.54) is 37.9 Å². The number of thioether (sulfide) groups is 1. The predicted octanol–water partition coefficient (Wildman–Crippen LogP) is 3.35. The molecule has 128 valence electrons. The van der Waals surface area contributed by atoms with E-state index in [1.54, 1.807) is 6.08 Å². The van der Waals surface area contributed by atoms with E-state index in [1.807, 2.05) is 10.6 Å². The number of ketones is 1. The number of carbonyl (C=O) groups is 1. The lowest BCUT2D eigenvalue weighted by molar-refractivity contribution is -0.117. The Bertz CT molecular complexity index is 654. The van der Waals surface area contributed by atoms with Gasteiger partial charge in [-0.3, -0.25) is 4.79 Å².